The summed E-state index contributed by atoms with van der Waals surface area (Å²) in [5.74, 6) is -1.24. The number of hydrogen-bond acceptors (Lipinski definition) is 5. The molecule has 0 radical (unpaired) electrons. The van der Waals surface area contributed by atoms with Crippen molar-refractivity contribution >= 4 is 39.0 Å². The van der Waals surface area contributed by atoms with Gasteiger partial charge in [-0.25, -0.2) is 13.2 Å². The minimum absolute atomic E-state index is 0.118. The molecule has 6 nitrogen and oxygen atoms in total. The lowest BCUT2D eigenvalue weighted by atomic mass is 10.2. The van der Waals surface area contributed by atoms with Gasteiger partial charge in [0.15, 0.2) is 9.84 Å². The van der Waals surface area contributed by atoms with Crippen molar-refractivity contribution in [1.29, 1.82) is 0 Å². The minimum Gasteiger partial charge on any atom is -0.465 e. The maximum Gasteiger partial charge on any atom is 0.337 e. The third kappa shape index (κ3) is 5.30. The molecule has 0 heterocycles. The first kappa shape index (κ1) is 19.0. The molecule has 0 aromatic heterocycles. The molecule has 0 saturated carbocycles. The summed E-state index contributed by atoms with van der Waals surface area (Å²) in [4.78, 5) is 23.4. The van der Waals surface area contributed by atoms with E-state index in [-0.39, 0.29) is 17.1 Å². The molecule has 0 spiro atoms. The molecule has 1 N–H and O–H groups in total. The fourth-order valence-electron chi connectivity index (χ4n) is 2.02. The first-order chi connectivity index (χ1) is 11.8. The molecular weight excluding hydrogens is 366 g/mol. The van der Waals surface area contributed by atoms with Gasteiger partial charge < -0.3 is 10.1 Å². The van der Waals surface area contributed by atoms with E-state index >= 15 is 0 Å². The Hall–Kier alpha value is -2.38. The molecule has 8 heteroatoms. The van der Waals surface area contributed by atoms with Gasteiger partial charge in [-0.2, -0.15) is 0 Å². The smallest absolute Gasteiger partial charge is 0.337 e. The van der Waals surface area contributed by atoms with Crippen molar-refractivity contribution in [3.8, 4) is 0 Å². The SMILES string of the molecule is COC(=O)c1ccc(NC(=O)CCS(=O)(=O)c2ccc(Cl)cc2)cc1. The average molecular weight is 382 g/mol. The van der Waals surface area contributed by atoms with Crippen LogP contribution in [0.1, 0.15) is 16.8 Å². The Morgan fingerprint density at radius 3 is 2.20 bits per heavy atom. The highest BCUT2D eigenvalue weighted by atomic mass is 35.5. The lowest BCUT2D eigenvalue weighted by molar-refractivity contribution is -0.115. The van der Waals surface area contributed by atoms with Crippen LogP contribution in [0.3, 0.4) is 0 Å². The van der Waals surface area contributed by atoms with E-state index < -0.39 is 21.7 Å². The molecule has 1 amide bonds. The van der Waals surface area contributed by atoms with Gasteiger partial charge in [0.25, 0.3) is 0 Å². The van der Waals surface area contributed by atoms with E-state index in [1.165, 1.54) is 55.6 Å². The monoisotopic (exact) mass is 381 g/mol. The van der Waals surface area contributed by atoms with Crippen LogP contribution in [0, 0.1) is 0 Å². The number of esters is 1. The van der Waals surface area contributed by atoms with E-state index in [4.69, 9.17) is 11.6 Å². The van der Waals surface area contributed by atoms with Gasteiger partial charge in [-0.05, 0) is 48.5 Å². The minimum atomic E-state index is -3.57. The predicted octanol–water partition coefficient (Wildman–Crippen LogP) is 2.93. The van der Waals surface area contributed by atoms with Crippen molar-refractivity contribution in [1.82, 2.24) is 0 Å². The number of carbonyl (C=O) groups excluding carboxylic acids is 2. The average Bonchev–Trinajstić information content (AvgIpc) is 2.60. The highest BCUT2D eigenvalue weighted by molar-refractivity contribution is 7.91. The quantitative estimate of drug-likeness (QED) is 0.777. The van der Waals surface area contributed by atoms with Crippen molar-refractivity contribution in [2.75, 3.05) is 18.2 Å². The van der Waals surface area contributed by atoms with Crippen LogP contribution in [0.4, 0.5) is 5.69 Å². The summed E-state index contributed by atoms with van der Waals surface area (Å²) in [6.45, 7) is 0. The van der Waals surface area contributed by atoms with Crippen molar-refractivity contribution in [3.05, 3.63) is 59.1 Å². The third-order valence-corrected chi connectivity index (χ3v) is 5.34. The second-order valence-corrected chi connectivity index (χ2v) is 7.69. The Labute approximate surface area is 150 Å². The van der Waals surface area contributed by atoms with Crippen LogP contribution in [0.5, 0.6) is 0 Å². The lowest BCUT2D eigenvalue weighted by Crippen LogP contribution is -2.17. The topological polar surface area (TPSA) is 89.5 Å². The van der Waals surface area contributed by atoms with E-state index in [1.54, 1.807) is 0 Å². The fourth-order valence-corrected chi connectivity index (χ4v) is 3.38. The first-order valence-corrected chi connectivity index (χ1v) is 9.31. The second-order valence-electron chi connectivity index (χ2n) is 5.14. The Bertz CT molecular complexity index is 861. The molecule has 2 rings (SSSR count). The summed E-state index contributed by atoms with van der Waals surface area (Å²) in [6, 6.07) is 11.9. The number of halogens is 1. The summed E-state index contributed by atoms with van der Waals surface area (Å²) in [7, 11) is -2.29. The Balaban J connectivity index is 1.94. The highest BCUT2D eigenvalue weighted by Crippen LogP contribution is 2.16. The Morgan fingerprint density at radius 2 is 1.64 bits per heavy atom. The third-order valence-electron chi connectivity index (χ3n) is 3.36. The van der Waals surface area contributed by atoms with Crippen molar-refractivity contribution in [3.63, 3.8) is 0 Å². The molecule has 0 fully saturated rings. The number of hydrogen-bond donors (Lipinski definition) is 1. The Morgan fingerprint density at radius 1 is 1.04 bits per heavy atom. The number of ether oxygens (including phenoxy) is 1. The molecule has 0 atom stereocenters. The lowest BCUT2D eigenvalue weighted by Gasteiger charge is -2.07. The molecule has 25 heavy (non-hydrogen) atoms. The zero-order valence-corrected chi connectivity index (χ0v) is 14.9. The molecule has 0 unspecified atom stereocenters. The van der Waals surface area contributed by atoms with Crippen molar-refractivity contribution in [2.24, 2.45) is 0 Å². The van der Waals surface area contributed by atoms with E-state index in [1.807, 2.05) is 0 Å². The number of carbonyl (C=O) groups is 2. The first-order valence-electron chi connectivity index (χ1n) is 7.28. The molecule has 2 aromatic carbocycles. The van der Waals surface area contributed by atoms with Gasteiger partial charge in [-0.1, -0.05) is 11.6 Å². The zero-order chi connectivity index (χ0) is 18.4. The zero-order valence-electron chi connectivity index (χ0n) is 13.4. The number of amides is 1. The molecular formula is C17H16ClNO5S. The van der Waals surface area contributed by atoms with Gasteiger partial charge in [0.2, 0.25) is 5.91 Å². The summed E-state index contributed by atoms with van der Waals surface area (Å²) in [6.07, 6.45) is -0.191. The van der Waals surface area contributed by atoms with Crippen molar-refractivity contribution < 1.29 is 22.7 Å². The number of nitrogens with one attached hydrogen (secondary N) is 1. The van der Waals surface area contributed by atoms with Crippen LogP contribution >= 0.6 is 11.6 Å². The predicted molar refractivity (Wildman–Crippen MR) is 94.5 cm³/mol. The normalized spacial score (nSPS) is 11.0. The summed E-state index contributed by atoms with van der Waals surface area (Å²) in [5, 5.41) is 3.02. The fraction of sp³-hybridized carbons (Fsp3) is 0.176. The van der Waals surface area contributed by atoms with Crippen LogP contribution < -0.4 is 5.32 Å². The van der Waals surface area contributed by atoms with Crippen LogP contribution in [0.25, 0.3) is 0 Å². The van der Waals surface area contributed by atoms with Crippen LogP contribution in [0.15, 0.2) is 53.4 Å². The van der Waals surface area contributed by atoms with E-state index in [0.29, 0.717) is 16.3 Å². The van der Waals surface area contributed by atoms with Gasteiger partial charge in [0.1, 0.15) is 0 Å². The largest absolute Gasteiger partial charge is 0.465 e. The van der Waals surface area contributed by atoms with E-state index in [9.17, 15) is 18.0 Å². The number of benzene rings is 2. The summed E-state index contributed by atoms with van der Waals surface area (Å²) in [5.41, 5.74) is 0.812. The highest BCUT2D eigenvalue weighted by Gasteiger charge is 2.16. The molecule has 132 valence electrons. The van der Waals surface area contributed by atoms with Crippen LogP contribution in [-0.4, -0.2) is 33.2 Å². The molecule has 0 aliphatic carbocycles. The standard InChI is InChI=1S/C17H16ClNO5S/c1-24-17(21)12-2-6-14(7-3-12)19-16(20)10-11-25(22,23)15-8-4-13(18)5-9-15/h2-9H,10-11H2,1H3,(H,19,20). The number of rotatable bonds is 6. The summed E-state index contributed by atoms with van der Waals surface area (Å²) < 4.78 is 28.9. The molecule has 0 bridgehead atoms. The Kier molecular flexibility index (Phi) is 6.17. The molecule has 2 aromatic rings. The second kappa shape index (κ2) is 8.13. The molecule has 0 aliphatic rings. The number of sulfone groups is 1. The van der Waals surface area contributed by atoms with Gasteiger partial charge in [0, 0.05) is 17.1 Å². The van der Waals surface area contributed by atoms with Gasteiger partial charge >= 0.3 is 5.97 Å². The van der Waals surface area contributed by atoms with Gasteiger partial charge in [-0.15, -0.1) is 0 Å². The van der Waals surface area contributed by atoms with E-state index in [0.717, 1.165) is 0 Å². The number of methoxy groups -OCH3 is 1. The molecule has 0 aliphatic heterocycles. The van der Waals surface area contributed by atoms with E-state index in [2.05, 4.69) is 10.1 Å². The van der Waals surface area contributed by atoms with Gasteiger partial charge in [-0.3, -0.25) is 4.79 Å². The molecule has 0 saturated heterocycles. The van der Waals surface area contributed by atoms with Crippen molar-refractivity contribution in [2.45, 2.75) is 11.3 Å². The van der Waals surface area contributed by atoms with Gasteiger partial charge in [0.05, 0.1) is 23.3 Å². The maximum atomic E-state index is 12.2. The summed E-state index contributed by atoms with van der Waals surface area (Å²) >= 11 is 5.73. The number of anilines is 1. The maximum absolute atomic E-state index is 12.2. The van der Waals surface area contributed by atoms with Crippen LogP contribution in [0.2, 0.25) is 5.02 Å². The van der Waals surface area contributed by atoms with Crippen LogP contribution in [-0.2, 0) is 19.4 Å².